The lowest BCUT2D eigenvalue weighted by Gasteiger charge is -2.65. The molecule has 2 saturated heterocycles. The summed E-state index contributed by atoms with van der Waals surface area (Å²) in [6, 6.07) is 0. The van der Waals surface area contributed by atoms with Crippen molar-refractivity contribution < 1.29 is 43.4 Å². The van der Waals surface area contributed by atoms with E-state index in [0.717, 1.165) is 77.4 Å². The van der Waals surface area contributed by atoms with E-state index in [9.17, 15) is 9.59 Å². The maximum Gasteiger partial charge on any atom is 0.302 e. The van der Waals surface area contributed by atoms with Crippen LogP contribution in [0.4, 0.5) is 0 Å². The van der Waals surface area contributed by atoms with Crippen molar-refractivity contribution in [1.29, 1.82) is 0 Å². The van der Waals surface area contributed by atoms with E-state index in [1.54, 1.807) is 327 Å². The zero-order chi connectivity index (χ0) is 69.1. The summed E-state index contributed by atoms with van der Waals surface area (Å²) in [6.07, 6.45) is 10.5. The van der Waals surface area contributed by atoms with Gasteiger partial charge in [-0.15, -0.1) is 0 Å². The molecule has 28 aromatic carbocycles. The monoisotopic (exact) mass is 1410 g/mol. The number of hydrogen-bond acceptors (Lipinski definition) is 10. The number of hydrogen-bond donors (Lipinski definition) is 1. The number of nitrogens with one attached hydrogen (secondary N) is 1. The molecule has 2 aliphatic heterocycles. The molecule has 516 valence electrons. The number of fused-ring (bicyclic) bond motifs is 5. The van der Waals surface area contributed by atoms with Gasteiger partial charge in [0.15, 0.2) is 0 Å². The van der Waals surface area contributed by atoms with Crippen molar-refractivity contribution in [1.82, 2.24) is 10.2 Å². The van der Waals surface area contributed by atoms with Crippen molar-refractivity contribution in [3.05, 3.63) is 22.3 Å². The molecule has 2 heterocycles. The maximum atomic E-state index is 15.1. The molecule has 0 unspecified atom stereocenters. The van der Waals surface area contributed by atoms with Crippen LogP contribution >= 0.6 is 0 Å². The number of carbonyl (C=O) groups excluding carboxylic acids is 3. The minimum absolute atomic E-state index is 0.0898. The van der Waals surface area contributed by atoms with Gasteiger partial charge in [0.25, 0.3) is 0 Å². The molecular weight excluding hydrogens is 1350 g/mol. The molecule has 39 rings (SSSR count). The number of likely N-dealkylation sites (tertiary alicyclic amines) is 1. The molecule has 4 spiro atoms. The van der Waals surface area contributed by atoms with Gasteiger partial charge >= 0.3 is 11.9 Å². The molecule has 1 amide bonds. The molecule has 7 fully saturated rings. The molecule has 28 aromatic rings. The molecule has 0 aromatic heterocycles. The summed E-state index contributed by atoms with van der Waals surface area (Å²) in [5, 5.41) is 91.6. The average Bonchev–Trinajstić information content (AvgIpc) is 1.38. The third-order valence-corrected chi connectivity index (χ3v) is 38.6. The number of rotatable bonds is 9. The fourth-order valence-electron chi connectivity index (χ4n) is 36.5. The smallest absolute Gasteiger partial charge is 0.302 e. The van der Waals surface area contributed by atoms with E-state index >= 15 is 4.79 Å². The first-order chi connectivity index (χ1) is 53.3. The Morgan fingerprint density at radius 3 is 1.13 bits per heavy atom. The zero-order valence-corrected chi connectivity index (χ0v) is 60.5. The van der Waals surface area contributed by atoms with Crippen molar-refractivity contribution in [2.75, 3.05) is 26.2 Å². The summed E-state index contributed by atoms with van der Waals surface area (Å²) in [4.78, 5) is 70.1. The number of carbonyl (C=O) groups is 3. The number of ether oxygens (including phenoxy) is 2. The Bertz CT molecular complexity index is 8240. The van der Waals surface area contributed by atoms with Gasteiger partial charge in [-0.25, -0.2) is 0 Å². The topological polar surface area (TPSA) is 122 Å². The van der Waals surface area contributed by atoms with Crippen LogP contribution in [0.15, 0.2) is 0 Å². The predicted octanol–water partition coefficient (Wildman–Crippen LogP) is 22.2. The summed E-state index contributed by atoms with van der Waals surface area (Å²) in [5.74, 6) is -1.40. The predicted molar refractivity (Wildman–Crippen MR) is 432 cm³/mol. The summed E-state index contributed by atoms with van der Waals surface area (Å²) < 4.78 is 13.2. The Labute approximate surface area is 612 Å². The third kappa shape index (κ3) is 3.88. The van der Waals surface area contributed by atoms with E-state index in [0.29, 0.717) is 38.6 Å². The summed E-state index contributed by atoms with van der Waals surface area (Å²) in [6.45, 7) is 13.6. The zero-order valence-electron chi connectivity index (χ0n) is 60.5. The number of nitrogens with zero attached hydrogens (tertiary/aromatic N) is 1. The Hall–Kier alpha value is -9.33. The first-order valence-electron chi connectivity index (χ1n) is 42.1. The minimum Gasteiger partial charge on any atom is -0.462 e. The largest absolute Gasteiger partial charge is 0.462 e. The van der Waals surface area contributed by atoms with E-state index in [1.807, 2.05) is 0 Å². The fraction of sp³-hybridized carbons (Fsp3) is 0.378. The van der Waals surface area contributed by atoms with Crippen LogP contribution in [0.3, 0.4) is 0 Å². The first kappa shape index (κ1) is 52.0. The Morgan fingerprint density at radius 1 is 0.422 bits per heavy atom. The highest BCUT2D eigenvalue weighted by atomic mass is 17.4. The minimum atomic E-state index is -1.04. The lowest BCUT2D eigenvalue weighted by molar-refractivity contribution is -0.665. The molecule has 0 radical (unpaired) electrons. The molecule has 1 N–H and O–H groups in total. The van der Waals surface area contributed by atoms with Crippen molar-refractivity contribution >= 4 is 309 Å². The van der Waals surface area contributed by atoms with Crippen molar-refractivity contribution in [3.8, 4) is 0 Å². The standard InChI is InChI=1S/C98H60N2O9/c1-24(28-10-11-29-34-30(20-32(94(28,29)5)105-26(3)102)93(4)15-16-96(21-27(93)19-31(34)104-25(2)101)108-106-95(107-109-96)13-7-6-8-14-95)9-12-33(103)99-17-18-100-22-97-89-81-73-63-53-45-37-35-36-39-43-41(37)49-57-51(43)61-55-47(39)48-40(36)44-42-38(35)46(45)54-60-50(42)58-52(44)62-56(48)66-65(55)75-69(61)79-71(57)77(67(73)59(49)53)85(89)87(79)91-83(75)84-76(66)70(62)80-72(58)78-68(60)74(64(54)63)82(81)90(97)86(78)88(80)92(84)98(91,97)23-100/h24,27-32,34H,6-23H2,1-5H3,(H,99,103)/t24-,27-,28-,29+,30+,31-,32+,34+,93+,94-,97?,98?/m1/s1. The van der Waals surface area contributed by atoms with Crippen LogP contribution in [0.1, 0.15) is 147 Å². The molecule has 5 saturated carbocycles. The molecule has 10 atom stereocenters. The molecule has 0 bridgehead atoms. The van der Waals surface area contributed by atoms with Crippen LogP contribution in [-0.4, -0.2) is 72.7 Å². The Kier molecular flexibility index (Phi) is 6.55. The third-order valence-electron chi connectivity index (χ3n) is 38.6. The average molecular weight is 1410 g/mol. The number of benzene rings is 18. The number of esters is 2. The van der Waals surface area contributed by atoms with Gasteiger partial charge in [0, 0.05) is 83.5 Å². The Morgan fingerprint density at radius 2 is 0.771 bits per heavy atom. The van der Waals surface area contributed by atoms with Crippen LogP contribution < -0.4 is 5.32 Å². The van der Waals surface area contributed by atoms with E-state index in [-0.39, 0.29) is 87.2 Å². The molecular formula is C98H60N2O9. The first-order valence-corrected chi connectivity index (χ1v) is 42.1. The van der Waals surface area contributed by atoms with Crippen molar-refractivity contribution in [2.45, 2.75) is 159 Å². The van der Waals surface area contributed by atoms with E-state index in [2.05, 4.69) is 31.0 Å². The highest BCUT2D eigenvalue weighted by molar-refractivity contribution is 6.82. The second-order valence-corrected chi connectivity index (χ2v) is 40.8. The molecule has 11 aliphatic rings. The second-order valence-electron chi connectivity index (χ2n) is 40.8. The summed E-state index contributed by atoms with van der Waals surface area (Å²) >= 11 is 0. The molecule has 109 heavy (non-hydrogen) atoms. The van der Waals surface area contributed by atoms with Gasteiger partial charge in [0.1, 0.15) is 12.2 Å². The normalized spacial score (nSPS) is 29.9. The van der Waals surface area contributed by atoms with Crippen molar-refractivity contribution in [3.63, 3.8) is 0 Å². The lowest BCUT2D eigenvalue weighted by atomic mass is 9.42. The van der Waals surface area contributed by atoms with Crippen LogP contribution in [-0.2, 0) is 54.2 Å². The van der Waals surface area contributed by atoms with Gasteiger partial charge in [0.2, 0.25) is 17.5 Å². The highest BCUT2D eigenvalue weighted by Gasteiger charge is 2.74. The van der Waals surface area contributed by atoms with Crippen LogP contribution in [0.2, 0.25) is 0 Å². The SMILES string of the molecule is CC(=O)O[C@H]1C[C@H]2[C@@H]([C@H](OC(C)=O)C[C@@H]3CC4(CC[C@@]32C)OOC2(CCCCC2)OO4)[C@@H]2CC[C@H]([C@H](C)CCC(=O)NCCN3CC45c6c7c8c9c%10c%11c(c%12c%13c4c4c6c6c%14c7c7c8c8c%10c%10c%15c%11c%11c%12c%12c%13c%13c4c4c6c6c%14c%14c7c7c8c%10c8c%10c%15c%11c%11c%12c%12c%13c4c4c6c6c%14c7c8c7c%10c%11c%12c4c67)C95C3)[C@@]12C. The van der Waals surface area contributed by atoms with E-state index in [1.165, 1.54) is 0 Å². The summed E-state index contributed by atoms with van der Waals surface area (Å²) in [7, 11) is 0. The van der Waals surface area contributed by atoms with Gasteiger partial charge in [-0.2, -0.15) is 19.6 Å². The Balaban J connectivity index is 0.502. The number of amides is 1. The summed E-state index contributed by atoms with van der Waals surface area (Å²) in [5.41, 5.74) is 5.63. The highest BCUT2D eigenvalue weighted by Crippen LogP contribution is 2.86. The van der Waals surface area contributed by atoms with Crippen LogP contribution in [0.5, 0.6) is 0 Å². The maximum absolute atomic E-state index is 15.1. The van der Waals surface area contributed by atoms with Gasteiger partial charge in [-0.05, 0) is 399 Å². The van der Waals surface area contributed by atoms with Crippen LogP contribution in [0, 0.1) is 46.3 Å². The second kappa shape index (κ2) is 13.7. The van der Waals surface area contributed by atoms with Gasteiger partial charge in [-0.1, -0.05) is 27.2 Å². The van der Waals surface area contributed by atoms with Crippen LogP contribution in [0.25, 0.3) is 291 Å². The van der Waals surface area contributed by atoms with Gasteiger partial charge < -0.3 is 14.8 Å². The molecule has 9 aliphatic carbocycles. The van der Waals surface area contributed by atoms with Gasteiger partial charge in [-0.3, -0.25) is 19.3 Å². The molecule has 11 heteroatoms. The quantitative estimate of drug-likeness (QED) is 0.0849. The van der Waals surface area contributed by atoms with E-state index < -0.39 is 11.6 Å². The molecule has 11 nitrogen and oxygen atoms in total. The lowest BCUT2D eigenvalue weighted by Crippen LogP contribution is -2.65. The fourth-order valence-corrected chi connectivity index (χ4v) is 36.5. The van der Waals surface area contributed by atoms with Gasteiger partial charge in [0.05, 0.1) is 10.8 Å². The van der Waals surface area contributed by atoms with E-state index in [4.69, 9.17) is 29.0 Å². The van der Waals surface area contributed by atoms with Crippen molar-refractivity contribution in [2.24, 2.45) is 46.3 Å².